The Hall–Kier alpha value is -7.49. The van der Waals surface area contributed by atoms with E-state index in [2.05, 4.69) is 69.6 Å². The maximum absolute atomic E-state index is 16.1. The largest absolute Gasteiger partial charge is 0.443 e. The number of nitrogens with one attached hydrogen (secondary N) is 2. The number of H-pyrrole nitrogens is 2. The van der Waals surface area contributed by atoms with Crippen LogP contribution in [0.2, 0.25) is 0 Å². The second kappa shape index (κ2) is 18.5. The van der Waals surface area contributed by atoms with Crippen molar-refractivity contribution in [1.82, 2.24) is 78.7 Å². The third-order valence-electron chi connectivity index (χ3n) is 13.5. The molecule has 380 valence electrons. The first-order valence-electron chi connectivity index (χ1n) is 23.5. The van der Waals surface area contributed by atoms with E-state index in [4.69, 9.17) is 0 Å². The van der Waals surface area contributed by atoms with Crippen molar-refractivity contribution in [3.8, 4) is 23.0 Å². The molecule has 4 atom stereocenters. The number of pyridine rings is 4. The van der Waals surface area contributed by atoms with Gasteiger partial charge in [0.15, 0.2) is 40.0 Å². The van der Waals surface area contributed by atoms with Crippen LogP contribution >= 0.6 is 22.7 Å². The summed E-state index contributed by atoms with van der Waals surface area (Å²) < 4.78 is 90.1. The highest BCUT2D eigenvalue weighted by Gasteiger charge is 2.45. The van der Waals surface area contributed by atoms with Gasteiger partial charge in [-0.05, 0) is 62.4 Å². The minimum absolute atomic E-state index is 0.0496. The molecule has 0 spiro atoms. The van der Waals surface area contributed by atoms with Crippen LogP contribution in [0.25, 0.3) is 67.7 Å². The van der Waals surface area contributed by atoms with Gasteiger partial charge in [-0.1, -0.05) is 22.7 Å². The zero-order valence-electron chi connectivity index (χ0n) is 39.2. The van der Waals surface area contributed by atoms with E-state index in [9.17, 15) is 26.3 Å². The van der Waals surface area contributed by atoms with Crippen LogP contribution in [-0.2, 0) is 30.2 Å². The number of carbonyl (C=O) groups is 1. The average molecular weight is 1050 g/mol. The third kappa shape index (κ3) is 8.74. The lowest BCUT2D eigenvalue weighted by Gasteiger charge is -2.47. The molecule has 0 bridgehead atoms. The monoisotopic (exact) mass is 1050 g/mol. The minimum Gasteiger partial charge on any atom is -0.359 e. The fraction of sp³-hybridized carbons (Fsp3) is 0.340. The van der Waals surface area contributed by atoms with Crippen LogP contribution in [0.15, 0.2) is 86.0 Å². The van der Waals surface area contributed by atoms with Crippen molar-refractivity contribution in [2.45, 2.75) is 63.5 Å². The number of alkyl halides is 6. The summed E-state index contributed by atoms with van der Waals surface area (Å²) in [6, 6.07) is 11.5. The summed E-state index contributed by atoms with van der Waals surface area (Å²) >= 11 is 1.08. The number of hydrogen-bond donors (Lipinski definition) is 2. The topological polar surface area (TPSA) is 200 Å². The second-order valence-electron chi connectivity index (χ2n) is 18.2. The molecule has 12 heterocycles. The first-order valence-corrected chi connectivity index (χ1v) is 25.1. The molecule has 2 saturated heterocycles. The van der Waals surface area contributed by atoms with E-state index in [0.29, 0.717) is 67.3 Å². The lowest BCUT2D eigenvalue weighted by atomic mass is 9.96. The highest BCUT2D eigenvalue weighted by Crippen LogP contribution is 2.45. The number of halogens is 6. The number of hydrogen-bond acceptors (Lipinski definition) is 17. The van der Waals surface area contributed by atoms with Gasteiger partial charge in [0.05, 0.1) is 24.7 Å². The van der Waals surface area contributed by atoms with E-state index in [-0.39, 0.29) is 91.2 Å². The zero-order chi connectivity index (χ0) is 51.0. The number of nitrogens with zero attached hydrogens (tertiary/aromatic N) is 16. The van der Waals surface area contributed by atoms with Crippen molar-refractivity contribution in [2.75, 3.05) is 49.1 Å². The molecule has 0 saturated carbocycles. The molecule has 0 radical (unpaired) electrons. The van der Waals surface area contributed by atoms with Gasteiger partial charge in [-0.2, -0.15) is 26.3 Å². The number of carbonyl (C=O) groups excluding carboxylic acids is 1. The summed E-state index contributed by atoms with van der Waals surface area (Å²) in [7, 11) is 0. The van der Waals surface area contributed by atoms with Gasteiger partial charge in [-0.3, -0.25) is 14.6 Å². The van der Waals surface area contributed by atoms with Gasteiger partial charge < -0.3 is 28.9 Å². The summed E-state index contributed by atoms with van der Waals surface area (Å²) in [5.41, 5.74) is 4.25. The van der Waals surface area contributed by atoms with Crippen LogP contribution in [0.1, 0.15) is 23.9 Å². The molecular formula is C47H42F6N18OS2. The summed E-state index contributed by atoms with van der Waals surface area (Å²) in [5, 5.41) is -1.47. The van der Waals surface area contributed by atoms with Gasteiger partial charge in [0.1, 0.15) is 43.5 Å². The molecule has 12 rings (SSSR count). The van der Waals surface area contributed by atoms with E-state index in [1.165, 1.54) is 0 Å². The second-order valence-corrected chi connectivity index (χ2v) is 20.2. The Bertz CT molecular complexity index is 3390. The Kier molecular flexibility index (Phi) is 11.9. The predicted molar refractivity (Wildman–Crippen MR) is 264 cm³/mol. The first-order chi connectivity index (χ1) is 35.6. The lowest BCUT2D eigenvalue weighted by Crippen LogP contribution is -2.64. The van der Waals surface area contributed by atoms with Gasteiger partial charge in [0, 0.05) is 89.2 Å². The first kappa shape index (κ1) is 47.5. The van der Waals surface area contributed by atoms with Crippen molar-refractivity contribution in [3.05, 3.63) is 96.0 Å². The summed E-state index contributed by atoms with van der Waals surface area (Å²) in [4.78, 5) is 74.3. The molecule has 0 amide bonds. The number of fused-ring (bicyclic) bond motifs is 4. The molecule has 10 aromatic heterocycles. The Morgan fingerprint density at radius 1 is 0.581 bits per heavy atom. The fourth-order valence-corrected chi connectivity index (χ4v) is 12.1. The number of aromatic amines is 2. The average Bonchev–Trinajstić information content (AvgIpc) is 4.26. The molecule has 0 aliphatic carbocycles. The van der Waals surface area contributed by atoms with Gasteiger partial charge in [-0.25, -0.2) is 49.8 Å². The van der Waals surface area contributed by atoms with E-state index in [1.54, 1.807) is 73.8 Å². The van der Waals surface area contributed by atoms with E-state index in [0.717, 1.165) is 0 Å². The van der Waals surface area contributed by atoms with Crippen molar-refractivity contribution < 1.29 is 31.1 Å². The van der Waals surface area contributed by atoms with E-state index >= 15 is 4.79 Å². The van der Waals surface area contributed by atoms with Crippen LogP contribution in [0.3, 0.4) is 0 Å². The molecule has 74 heavy (non-hydrogen) atoms. The lowest BCUT2D eigenvalue weighted by molar-refractivity contribution is -0.138. The number of aromatic nitrogens is 14. The normalized spacial score (nSPS) is 18.4. The highest BCUT2D eigenvalue weighted by molar-refractivity contribution is 7.16. The predicted octanol–water partition coefficient (Wildman–Crippen LogP) is 7.43. The van der Waals surface area contributed by atoms with E-state index in [1.807, 2.05) is 44.9 Å². The van der Waals surface area contributed by atoms with Gasteiger partial charge in [0.25, 0.3) is 0 Å². The molecule has 0 aromatic carbocycles. The van der Waals surface area contributed by atoms with Crippen LogP contribution < -0.4 is 9.80 Å². The summed E-state index contributed by atoms with van der Waals surface area (Å²) in [6.07, 6.45) is 0.275. The Morgan fingerprint density at radius 2 is 0.986 bits per heavy atom. The minimum atomic E-state index is -4.72. The Balaban J connectivity index is 0.893. The van der Waals surface area contributed by atoms with Crippen LogP contribution in [-0.4, -0.2) is 148 Å². The Morgan fingerprint density at radius 3 is 1.38 bits per heavy atom. The summed E-state index contributed by atoms with van der Waals surface area (Å²) in [6.45, 7) is 5.57. The van der Waals surface area contributed by atoms with E-state index < -0.39 is 46.5 Å². The zero-order valence-corrected chi connectivity index (χ0v) is 40.8. The summed E-state index contributed by atoms with van der Waals surface area (Å²) in [5.74, 6) is 0.142. The molecule has 2 aliphatic rings. The van der Waals surface area contributed by atoms with Crippen LogP contribution in [0.4, 0.5) is 36.3 Å². The van der Waals surface area contributed by atoms with Crippen LogP contribution in [0.5, 0.6) is 0 Å². The van der Waals surface area contributed by atoms with Crippen molar-refractivity contribution >= 4 is 83.1 Å². The maximum Gasteiger partial charge on any atom is 0.443 e. The van der Waals surface area contributed by atoms with Gasteiger partial charge >= 0.3 is 12.4 Å². The number of piperazine rings is 2. The molecule has 2 N–H and O–H groups in total. The van der Waals surface area contributed by atoms with Crippen molar-refractivity contribution in [1.29, 1.82) is 0 Å². The quantitative estimate of drug-likeness (QED) is 0.114. The number of thiazole rings is 2. The van der Waals surface area contributed by atoms with Crippen molar-refractivity contribution in [2.24, 2.45) is 0 Å². The number of ketones is 1. The third-order valence-corrected chi connectivity index (χ3v) is 15.9. The van der Waals surface area contributed by atoms with Gasteiger partial charge in [-0.15, -0.1) is 0 Å². The molecule has 2 aliphatic heterocycles. The molecule has 27 heteroatoms. The number of imidazole rings is 4. The maximum atomic E-state index is 16.1. The standard InChI is InChI=1S/C47H42F6N18OS2/c1-25-19-66(42-33(62-44(73-42)46(48,49)50)38-60-27-7-3-11-54-36(27)64-38)15-17-70(25)31(21-68-23-58-29-9-5-13-56-40(29)68)35(72)32(22-69-24-59-30-10-6-14-57-41(30)69)71-18-16-67(20-26(71)2)43-34(63-45(74-43)47(51,52)53)39-61-28-8-4-12-55-37(28)65-39/h3-14,23-26,31-32H,15-22H2,1-2H3,(H,54,60,64)(H,55,61,65)/t25-,26-,31?,32?/m1/s1. The highest BCUT2D eigenvalue weighted by atomic mass is 32.1. The number of Topliss-reactive ketones (excluding diaryl/α,β-unsaturated/α-hetero) is 1. The number of anilines is 2. The molecule has 2 fully saturated rings. The van der Waals surface area contributed by atoms with Crippen molar-refractivity contribution in [3.63, 3.8) is 0 Å². The molecule has 2 unspecified atom stereocenters. The number of rotatable bonds is 12. The van der Waals surface area contributed by atoms with Crippen LogP contribution in [0, 0.1) is 0 Å². The molecule has 19 nitrogen and oxygen atoms in total. The Labute approximate surface area is 423 Å². The molecule has 10 aromatic rings. The molecular weight excluding hydrogens is 1010 g/mol. The SMILES string of the molecule is C[C@@H]1CN(c2sc(C(F)(F)F)nc2-c2nc3cccnc3[nH]2)CCN1C(Cn1cnc2cccnc21)C(=O)C(Cn1cnc2cccnc21)N1CCN(c2sc(C(F)(F)F)nc2-c2nc3cccnc3[nH]2)C[C@H]1C. The fourth-order valence-electron chi connectivity index (χ4n) is 10.1. The smallest absolute Gasteiger partial charge is 0.359 e. The van der Waals surface area contributed by atoms with Gasteiger partial charge in [0.2, 0.25) is 10.0 Å².